The average molecular weight is 369 g/mol. The number of rotatable bonds is 7. The molecule has 4 nitrogen and oxygen atoms in total. The summed E-state index contributed by atoms with van der Waals surface area (Å²) in [5, 5.41) is 9.87. The standard InChI is InChI=1S/C21H21ClN2O2/c1-2-3-8-20-23-19(22)14-24(20)13-15-9-11-16(12-10-15)17-6-4-5-7-18(17)21(25)26/h4-7,9-12,14H,2-3,8,13H2,1H3,(H,25,26). The zero-order valence-corrected chi connectivity index (χ0v) is 15.4. The Morgan fingerprint density at radius 1 is 1.15 bits per heavy atom. The Labute approximate surface area is 158 Å². The van der Waals surface area contributed by atoms with Crippen LogP contribution >= 0.6 is 11.6 Å². The fourth-order valence-electron chi connectivity index (χ4n) is 3.00. The molecular formula is C21H21ClN2O2. The van der Waals surface area contributed by atoms with Gasteiger partial charge in [-0.25, -0.2) is 9.78 Å². The number of aromatic nitrogens is 2. The topological polar surface area (TPSA) is 55.1 Å². The zero-order chi connectivity index (χ0) is 18.5. The van der Waals surface area contributed by atoms with Gasteiger partial charge in [-0.2, -0.15) is 0 Å². The zero-order valence-electron chi connectivity index (χ0n) is 14.7. The molecule has 0 saturated carbocycles. The summed E-state index contributed by atoms with van der Waals surface area (Å²) in [5.41, 5.74) is 3.04. The number of imidazole rings is 1. The number of hydrogen-bond acceptors (Lipinski definition) is 2. The average Bonchev–Trinajstić information content (AvgIpc) is 2.99. The van der Waals surface area contributed by atoms with Crippen molar-refractivity contribution in [1.29, 1.82) is 0 Å². The summed E-state index contributed by atoms with van der Waals surface area (Å²) in [5.74, 6) is 0.0791. The van der Waals surface area contributed by atoms with Gasteiger partial charge in [0.05, 0.1) is 5.56 Å². The fourth-order valence-corrected chi connectivity index (χ4v) is 3.21. The molecule has 5 heteroatoms. The molecule has 134 valence electrons. The molecule has 0 aliphatic carbocycles. The highest BCUT2D eigenvalue weighted by Gasteiger charge is 2.11. The van der Waals surface area contributed by atoms with Crippen LogP contribution in [0.15, 0.2) is 54.7 Å². The lowest BCUT2D eigenvalue weighted by atomic mass is 9.99. The van der Waals surface area contributed by atoms with E-state index in [0.717, 1.165) is 41.8 Å². The third-order valence-corrected chi connectivity index (χ3v) is 4.54. The second-order valence-electron chi connectivity index (χ2n) is 6.26. The Hall–Kier alpha value is -2.59. The first-order valence-electron chi connectivity index (χ1n) is 8.71. The van der Waals surface area contributed by atoms with E-state index >= 15 is 0 Å². The minimum Gasteiger partial charge on any atom is -0.478 e. The maximum atomic E-state index is 11.4. The van der Waals surface area contributed by atoms with Crippen LogP contribution in [0.5, 0.6) is 0 Å². The normalized spacial score (nSPS) is 10.8. The van der Waals surface area contributed by atoms with Crippen molar-refractivity contribution >= 4 is 17.6 Å². The van der Waals surface area contributed by atoms with Crippen molar-refractivity contribution in [2.24, 2.45) is 0 Å². The summed E-state index contributed by atoms with van der Waals surface area (Å²) >= 11 is 6.08. The van der Waals surface area contributed by atoms with E-state index in [0.29, 0.717) is 17.3 Å². The lowest BCUT2D eigenvalue weighted by molar-refractivity contribution is 0.0697. The van der Waals surface area contributed by atoms with Crippen molar-refractivity contribution in [3.8, 4) is 11.1 Å². The van der Waals surface area contributed by atoms with Gasteiger partial charge in [-0.15, -0.1) is 0 Å². The molecule has 1 N–H and O–H groups in total. The molecule has 26 heavy (non-hydrogen) atoms. The van der Waals surface area contributed by atoms with Gasteiger partial charge < -0.3 is 9.67 Å². The highest BCUT2D eigenvalue weighted by molar-refractivity contribution is 6.29. The molecule has 3 aromatic rings. The van der Waals surface area contributed by atoms with Gasteiger partial charge in [-0.1, -0.05) is 67.4 Å². The molecule has 0 bridgehead atoms. The number of aromatic carboxylic acids is 1. The monoisotopic (exact) mass is 368 g/mol. The van der Waals surface area contributed by atoms with E-state index in [1.165, 1.54) is 0 Å². The van der Waals surface area contributed by atoms with E-state index in [1.54, 1.807) is 12.1 Å². The smallest absolute Gasteiger partial charge is 0.336 e. The molecule has 1 aromatic heterocycles. The number of benzene rings is 2. The van der Waals surface area contributed by atoms with Crippen LogP contribution in [0.25, 0.3) is 11.1 Å². The van der Waals surface area contributed by atoms with E-state index in [4.69, 9.17) is 11.6 Å². The Balaban J connectivity index is 1.82. The third kappa shape index (κ3) is 4.14. The van der Waals surface area contributed by atoms with E-state index < -0.39 is 5.97 Å². The minimum atomic E-state index is -0.918. The first kappa shape index (κ1) is 18.2. The van der Waals surface area contributed by atoms with E-state index in [1.807, 2.05) is 42.6 Å². The SMILES string of the molecule is CCCCc1nc(Cl)cn1Cc1ccc(-c2ccccc2C(=O)O)cc1. The Bertz CT molecular complexity index is 901. The van der Waals surface area contributed by atoms with Crippen LogP contribution in [0, 0.1) is 0 Å². The molecule has 0 fully saturated rings. The molecule has 0 atom stereocenters. The van der Waals surface area contributed by atoms with Crippen molar-refractivity contribution in [3.05, 3.63) is 76.8 Å². The van der Waals surface area contributed by atoms with Crippen LogP contribution in [-0.4, -0.2) is 20.6 Å². The number of carboxylic acids is 1. The maximum absolute atomic E-state index is 11.4. The summed E-state index contributed by atoms with van der Waals surface area (Å²) < 4.78 is 2.08. The van der Waals surface area contributed by atoms with Crippen molar-refractivity contribution < 1.29 is 9.90 Å². The largest absolute Gasteiger partial charge is 0.478 e. The molecule has 2 aromatic carbocycles. The fraction of sp³-hybridized carbons (Fsp3) is 0.238. The molecular weight excluding hydrogens is 348 g/mol. The quantitative estimate of drug-likeness (QED) is 0.616. The van der Waals surface area contributed by atoms with Gasteiger partial charge in [0, 0.05) is 19.2 Å². The number of carboxylic acid groups (broad SMARTS) is 1. The molecule has 0 radical (unpaired) electrons. The highest BCUT2D eigenvalue weighted by atomic mass is 35.5. The Kier molecular flexibility index (Phi) is 5.74. The summed E-state index contributed by atoms with van der Waals surface area (Å²) in [6.07, 6.45) is 4.97. The van der Waals surface area contributed by atoms with Crippen LogP contribution in [0.4, 0.5) is 0 Å². The number of carbonyl (C=O) groups is 1. The van der Waals surface area contributed by atoms with Crippen molar-refractivity contribution in [2.75, 3.05) is 0 Å². The van der Waals surface area contributed by atoms with Gasteiger partial charge in [0.2, 0.25) is 0 Å². The van der Waals surface area contributed by atoms with Crippen LogP contribution in [0.1, 0.15) is 41.5 Å². The molecule has 0 aliphatic rings. The Morgan fingerprint density at radius 2 is 1.88 bits per heavy atom. The lowest BCUT2D eigenvalue weighted by Gasteiger charge is -2.10. The third-order valence-electron chi connectivity index (χ3n) is 4.36. The number of unbranched alkanes of at least 4 members (excludes halogenated alkanes) is 1. The first-order valence-corrected chi connectivity index (χ1v) is 9.09. The predicted molar refractivity (Wildman–Crippen MR) is 104 cm³/mol. The maximum Gasteiger partial charge on any atom is 0.336 e. The van der Waals surface area contributed by atoms with E-state index in [9.17, 15) is 9.90 Å². The van der Waals surface area contributed by atoms with Gasteiger partial charge in [0.25, 0.3) is 0 Å². The number of hydrogen-bond donors (Lipinski definition) is 1. The van der Waals surface area contributed by atoms with Crippen LogP contribution in [0.2, 0.25) is 5.15 Å². The van der Waals surface area contributed by atoms with Crippen LogP contribution < -0.4 is 0 Å². The molecule has 0 aliphatic heterocycles. The Morgan fingerprint density at radius 3 is 2.58 bits per heavy atom. The number of nitrogens with zero attached hydrogens (tertiary/aromatic N) is 2. The molecule has 0 saturated heterocycles. The second kappa shape index (κ2) is 8.19. The van der Waals surface area contributed by atoms with Gasteiger partial charge in [0.15, 0.2) is 0 Å². The lowest BCUT2D eigenvalue weighted by Crippen LogP contribution is -2.04. The first-order chi connectivity index (χ1) is 12.6. The second-order valence-corrected chi connectivity index (χ2v) is 6.65. The molecule has 1 heterocycles. The predicted octanol–water partition coefficient (Wildman–Crippen LogP) is 5.29. The summed E-state index contributed by atoms with van der Waals surface area (Å²) in [7, 11) is 0. The molecule has 0 unspecified atom stereocenters. The molecule has 0 spiro atoms. The number of halogens is 1. The molecule has 3 rings (SSSR count). The van der Waals surface area contributed by atoms with Gasteiger partial charge in [0.1, 0.15) is 11.0 Å². The minimum absolute atomic E-state index is 0.309. The van der Waals surface area contributed by atoms with Gasteiger partial charge in [-0.3, -0.25) is 0 Å². The summed E-state index contributed by atoms with van der Waals surface area (Å²) in [6.45, 7) is 2.85. The van der Waals surface area contributed by atoms with Crippen molar-refractivity contribution in [2.45, 2.75) is 32.7 Å². The van der Waals surface area contributed by atoms with Gasteiger partial charge in [-0.05, 0) is 29.2 Å². The number of aryl methyl sites for hydroxylation is 1. The van der Waals surface area contributed by atoms with E-state index in [2.05, 4.69) is 16.5 Å². The van der Waals surface area contributed by atoms with Crippen LogP contribution in [0.3, 0.4) is 0 Å². The van der Waals surface area contributed by atoms with Crippen LogP contribution in [-0.2, 0) is 13.0 Å². The van der Waals surface area contributed by atoms with Crippen molar-refractivity contribution in [1.82, 2.24) is 9.55 Å². The highest BCUT2D eigenvalue weighted by Crippen LogP contribution is 2.24. The summed E-state index contributed by atoms with van der Waals surface area (Å²) in [6, 6.07) is 15.0. The molecule has 0 amide bonds. The summed E-state index contributed by atoms with van der Waals surface area (Å²) in [4.78, 5) is 15.8. The van der Waals surface area contributed by atoms with E-state index in [-0.39, 0.29) is 0 Å². The van der Waals surface area contributed by atoms with Gasteiger partial charge >= 0.3 is 5.97 Å². The van der Waals surface area contributed by atoms with Crippen molar-refractivity contribution in [3.63, 3.8) is 0 Å².